The molecule has 1 aliphatic rings. The van der Waals surface area contributed by atoms with Crippen molar-refractivity contribution < 1.29 is 27.5 Å². The molecule has 4 aromatic carbocycles. The second kappa shape index (κ2) is 16.4. The second-order valence-corrected chi connectivity index (χ2v) is 15.0. The first-order valence-corrected chi connectivity index (χ1v) is 18.5. The molecule has 2 amide bonds. The fourth-order valence-corrected chi connectivity index (χ4v) is 7.95. The molecule has 0 saturated heterocycles. The highest BCUT2D eigenvalue weighted by atomic mass is 79.9. The molecule has 0 aliphatic heterocycles. The van der Waals surface area contributed by atoms with Crippen LogP contribution in [0.5, 0.6) is 11.5 Å². The number of aryl methyl sites for hydroxylation is 1. The van der Waals surface area contributed by atoms with Crippen molar-refractivity contribution >= 4 is 43.5 Å². The quantitative estimate of drug-likeness (QED) is 0.155. The van der Waals surface area contributed by atoms with Gasteiger partial charge in [-0.3, -0.25) is 13.9 Å². The zero-order valence-electron chi connectivity index (χ0n) is 28.0. The molecule has 258 valence electrons. The Kier molecular flexibility index (Phi) is 12.0. The first-order valence-electron chi connectivity index (χ1n) is 16.3. The molecule has 5 rings (SSSR count). The molecule has 11 heteroatoms. The normalized spacial score (nSPS) is 13.8. The number of hydrogen-bond acceptors (Lipinski definition) is 6. The molecule has 1 atom stereocenters. The largest absolute Gasteiger partial charge is 0.493 e. The van der Waals surface area contributed by atoms with Gasteiger partial charge in [-0.1, -0.05) is 88.9 Å². The van der Waals surface area contributed by atoms with Crippen LogP contribution in [0.25, 0.3) is 0 Å². The number of ether oxygens (including phenoxy) is 2. The molecule has 0 bridgehead atoms. The van der Waals surface area contributed by atoms with Crippen LogP contribution >= 0.6 is 15.9 Å². The van der Waals surface area contributed by atoms with Crippen molar-refractivity contribution in [2.24, 2.45) is 0 Å². The van der Waals surface area contributed by atoms with Crippen LogP contribution in [0.2, 0.25) is 0 Å². The number of hydrogen-bond donors (Lipinski definition) is 1. The van der Waals surface area contributed by atoms with Gasteiger partial charge in [0.15, 0.2) is 11.5 Å². The summed E-state index contributed by atoms with van der Waals surface area (Å²) in [7, 11) is -1.31. The third kappa shape index (κ3) is 9.01. The molecular weight excluding hydrogens is 706 g/mol. The van der Waals surface area contributed by atoms with Crippen molar-refractivity contribution in [3.8, 4) is 11.5 Å². The Morgan fingerprint density at radius 1 is 0.857 bits per heavy atom. The van der Waals surface area contributed by atoms with Crippen LogP contribution < -0.4 is 19.1 Å². The minimum Gasteiger partial charge on any atom is -0.493 e. The van der Waals surface area contributed by atoms with E-state index in [0.29, 0.717) is 11.5 Å². The van der Waals surface area contributed by atoms with Gasteiger partial charge in [0.05, 0.1) is 24.8 Å². The molecule has 0 heterocycles. The molecule has 49 heavy (non-hydrogen) atoms. The second-order valence-electron chi connectivity index (χ2n) is 12.2. The number of nitrogens with zero attached hydrogens (tertiary/aromatic N) is 2. The summed E-state index contributed by atoms with van der Waals surface area (Å²) in [5, 5.41) is 3.20. The van der Waals surface area contributed by atoms with E-state index < -0.39 is 28.5 Å². The van der Waals surface area contributed by atoms with Crippen LogP contribution in [0.15, 0.2) is 106 Å². The van der Waals surface area contributed by atoms with Crippen LogP contribution in [0.3, 0.4) is 0 Å². The summed E-state index contributed by atoms with van der Waals surface area (Å²) in [5.74, 6) is -0.0837. The number of carbonyl (C=O) groups excluding carboxylic acids is 2. The number of benzene rings is 4. The average Bonchev–Trinajstić information content (AvgIpc) is 3.62. The van der Waals surface area contributed by atoms with E-state index in [2.05, 4.69) is 21.2 Å². The van der Waals surface area contributed by atoms with Gasteiger partial charge in [0.1, 0.15) is 12.6 Å². The average molecular weight is 749 g/mol. The lowest BCUT2D eigenvalue weighted by atomic mass is 10.0. The van der Waals surface area contributed by atoms with Gasteiger partial charge in [-0.2, -0.15) is 0 Å². The van der Waals surface area contributed by atoms with Crippen molar-refractivity contribution in [1.29, 1.82) is 0 Å². The van der Waals surface area contributed by atoms with Gasteiger partial charge in [-0.25, -0.2) is 8.42 Å². The lowest BCUT2D eigenvalue weighted by Gasteiger charge is -2.34. The van der Waals surface area contributed by atoms with Gasteiger partial charge in [-0.05, 0) is 67.3 Å². The van der Waals surface area contributed by atoms with E-state index >= 15 is 0 Å². The molecular formula is C38H42BrN3O6S. The highest BCUT2D eigenvalue weighted by Gasteiger charge is 2.36. The smallest absolute Gasteiger partial charge is 0.264 e. The van der Waals surface area contributed by atoms with Crippen molar-refractivity contribution in [2.75, 3.05) is 25.1 Å². The van der Waals surface area contributed by atoms with E-state index in [1.54, 1.807) is 24.3 Å². The maximum Gasteiger partial charge on any atom is 0.264 e. The molecule has 1 N–H and O–H groups in total. The molecule has 1 fully saturated rings. The number of halogens is 1. The van der Waals surface area contributed by atoms with Gasteiger partial charge in [0, 0.05) is 29.5 Å². The summed E-state index contributed by atoms with van der Waals surface area (Å²) in [6.07, 6.45) is 4.08. The molecule has 0 spiro atoms. The summed E-state index contributed by atoms with van der Waals surface area (Å²) >= 11 is 3.53. The maximum absolute atomic E-state index is 14.8. The number of anilines is 1. The Labute approximate surface area is 297 Å². The number of rotatable bonds is 14. The van der Waals surface area contributed by atoms with Crippen molar-refractivity contribution in [1.82, 2.24) is 10.2 Å². The van der Waals surface area contributed by atoms with Gasteiger partial charge >= 0.3 is 0 Å². The minimum absolute atomic E-state index is 0.0266. The number of sulfonamides is 1. The Morgan fingerprint density at radius 2 is 1.53 bits per heavy atom. The van der Waals surface area contributed by atoms with Crippen molar-refractivity contribution in [2.45, 2.75) is 62.6 Å². The van der Waals surface area contributed by atoms with Crippen LogP contribution in [-0.4, -0.2) is 58.0 Å². The zero-order valence-corrected chi connectivity index (χ0v) is 30.4. The topological polar surface area (TPSA) is 105 Å². The van der Waals surface area contributed by atoms with Crippen molar-refractivity contribution in [3.05, 3.63) is 118 Å². The SMILES string of the molecule is COc1ccc(N(CC(=O)N(Cc2cccc(Br)c2)[C@@H](Cc2ccccc2)C(=O)NC2CCCC2)S(=O)(=O)c2ccc(C)cc2)cc1OC. The van der Waals surface area contributed by atoms with Crippen LogP contribution in [0.4, 0.5) is 5.69 Å². The third-order valence-corrected chi connectivity index (χ3v) is 11.0. The molecule has 0 aromatic heterocycles. The predicted octanol–water partition coefficient (Wildman–Crippen LogP) is 6.67. The summed E-state index contributed by atoms with van der Waals surface area (Å²) < 4.78 is 41.6. The molecule has 1 aliphatic carbocycles. The van der Waals surface area contributed by atoms with Gasteiger partial charge in [0.2, 0.25) is 11.8 Å². The third-order valence-electron chi connectivity index (χ3n) is 8.76. The van der Waals surface area contributed by atoms with Crippen molar-refractivity contribution in [3.63, 3.8) is 0 Å². The Hall–Kier alpha value is -4.35. The maximum atomic E-state index is 14.8. The van der Waals surface area contributed by atoms with E-state index in [4.69, 9.17) is 9.47 Å². The van der Waals surface area contributed by atoms with E-state index in [1.165, 1.54) is 37.3 Å². The number of amides is 2. The summed E-state index contributed by atoms with van der Waals surface area (Å²) in [6.45, 7) is 1.38. The van der Waals surface area contributed by atoms with E-state index in [-0.39, 0.29) is 35.5 Å². The first-order chi connectivity index (χ1) is 23.6. The van der Waals surface area contributed by atoms with Gasteiger partial charge < -0.3 is 19.7 Å². The molecule has 4 aromatic rings. The number of carbonyl (C=O) groups is 2. The summed E-state index contributed by atoms with van der Waals surface area (Å²) in [6, 6.07) is 27.4. The standard InChI is InChI=1S/C38H42BrN3O6S/c1-27-16-19-33(20-17-27)49(45,46)42(32-18-21-35(47-2)36(24-32)48-3)26-37(43)41(25-29-12-9-13-30(39)22-29)34(23-28-10-5-4-6-11-28)38(44)40-31-14-7-8-15-31/h4-6,9-13,16-22,24,31,34H,7-8,14-15,23,25-26H2,1-3H3,(H,40,44)/t34-/m0/s1. The van der Waals surface area contributed by atoms with Gasteiger partial charge in [-0.15, -0.1) is 0 Å². The monoisotopic (exact) mass is 747 g/mol. The molecule has 9 nitrogen and oxygen atoms in total. The lowest BCUT2D eigenvalue weighted by Crippen LogP contribution is -2.54. The van der Waals surface area contributed by atoms with Crippen LogP contribution in [0, 0.1) is 6.92 Å². The highest BCUT2D eigenvalue weighted by molar-refractivity contribution is 9.10. The first kappa shape index (κ1) is 35.9. The highest BCUT2D eigenvalue weighted by Crippen LogP contribution is 2.34. The van der Waals surface area contributed by atoms with Gasteiger partial charge in [0.25, 0.3) is 10.0 Å². The number of nitrogens with one attached hydrogen (secondary N) is 1. The Morgan fingerprint density at radius 3 is 2.18 bits per heavy atom. The summed E-state index contributed by atoms with van der Waals surface area (Å²) in [5.41, 5.74) is 2.77. The fraction of sp³-hybridized carbons (Fsp3) is 0.316. The Balaban J connectivity index is 1.60. The zero-order chi connectivity index (χ0) is 35.0. The van der Waals surface area contributed by atoms with E-state index in [9.17, 15) is 18.0 Å². The molecule has 0 unspecified atom stereocenters. The molecule has 1 saturated carbocycles. The number of methoxy groups -OCH3 is 2. The minimum atomic E-state index is -4.27. The molecule has 0 radical (unpaired) electrons. The summed E-state index contributed by atoms with van der Waals surface area (Å²) in [4.78, 5) is 30.5. The van der Waals surface area contributed by atoms with E-state index in [1.807, 2.05) is 61.5 Å². The van der Waals surface area contributed by atoms with E-state index in [0.717, 1.165) is 51.2 Å². The fourth-order valence-electron chi connectivity index (χ4n) is 6.10. The predicted molar refractivity (Wildman–Crippen MR) is 194 cm³/mol. The van der Waals surface area contributed by atoms with Crippen LogP contribution in [0.1, 0.15) is 42.4 Å². The van der Waals surface area contributed by atoms with Crippen LogP contribution in [-0.2, 0) is 32.6 Å². The lowest BCUT2D eigenvalue weighted by molar-refractivity contribution is -0.140. The Bertz CT molecular complexity index is 1850.